The zero-order valence-electron chi connectivity index (χ0n) is 40.7. The number of nitrogens with one attached hydrogen (secondary N) is 2. The number of amides is 2. The molecular formula is C55H59ClN4O13. The number of ether oxygens (including phenoxy) is 5. The number of aliphatic hydroxyl groups is 4. The Morgan fingerprint density at radius 3 is 1.97 bits per heavy atom. The van der Waals surface area contributed by atoms with Crippen LogP contribution < -0.4 is 29.6 Å². The molecular weight excluding hydrogens is 960 g/mol. The Hall–Kier alpha value is -5.72. The van der Waals surface area contributed by atoms with Crippen LogP contribution >= 0.6 is 11.6 Å². The Morgan fingerprint density at radius 2 is 1.37 bits per heavy atom. The number of likely N-dealkylation sites (tertiary alicyclic amines) is 2. The van der Waals surface area contributed by atoms with E-state index in [4.69, 9.17) is 35.3 Å². The monoisotopic (exact) mass is 1020 g/mol. The molecule has 0 radical (unpaired) electrons. The molecule has 14 rings (SSSR count). The number of phenols is 1. The number of aliphatic hydroxyl groups excluding tert-OH is 2. The minimum atomic E-state index is -1.59. The second-order valence-corrected chi connectivity index (χ2v) is 23.4. The van der Waals surface area contributed by atoms with Crippen LogP contribution in [-0.4, -0.2) is 141 Å². The van der Waals surface area contributed by atoms with Crippen LogP contribution in [0.3, 0.4) is 0 Å². The van der Waals surface area contributed by atoms with Crippen molar-refractivity contribution < 1.29 is 63.6 Å². The SMILES string of the molecule is COC(=O)C1(NC(=O)C2=C(O)[C@@H]3Oc4c(OC5CC5CN5CC[C@]67c8c9ccc(O)c8O[C@H]6C(O)=C(C(=O)Nc6ccc(OC)c(Cl)c6)C[C@@]7(O)[C@H]5C9)ccc5c4[C@@]34CCN(CC3CC3)[C@H](C5)[C@]4(O)C2)CCC1. The Morgan fingerprint density at radius 1 is 0.767 bits per heavy atom. The zero-order valence-corrected chi connectivity index (χ0v) is 41.4. The van der Waals surface area contributed by atoms with Crippen LogP contribution in [0.25, 0.3) is 0 Å². The summed E-state index contributed by atoms with van der Waals surface area (Å²) in [7, 11) is 2.79. The molecule has 4 aliphatic heterocycles. The topological polar surface area (TPSA) is 229 Å². The molecule has 2 amide bonds. The maximum atomic E-state index is 14.3. The number of aromatic hydroxyl groups is 1. The average molecular weight is 1020 g/mol. The summed E-state index contributed by atoms with van der Waals surface area (Å²) in [6.45, 7) is 2.65. The Labute approximate surface area is 426 Å². The van der Waals surface area contributed by atoms with Crippen molar-refractivity contribution in [1.82, 2.24) is 15.1 Å². The van der Waals surface area contributed by atoms with Gasteiger partial charge >= 0.3 is 5.97 Å². The molecule has 5 fully saturated rings. The van der Waals surface area contributed by atoms with E-state index in [0.717, 1.165) is 42.5 Å². The fourth-order valence-corrected chi connectivity index (χ4v) is 15.8. The van der Waals surface area contributed by atoms with Gasteiger partial charge in [-0.2, -0.15) is 0 Å². The van der Waals surface area contributed by atoms with Gasteiger partial charge in [-0.3, -0.25) is 19.4 Å². The van der Waals surface area contributed by atoms with Crippen molar-refractivity contribution in [2.45, 2.75) is 135 Å². The molecule has 18 heteroatoms. The highest BCUT2D eigenvalue weighted by Crippen LogP contribution is 2.68. The number of methoxy groups -OCH3 is 2. The van der Waals surface area contributed by atoms with E-state index >= 15 is 0 Å². The van der Waals surface area contributed by atoms with E-state index in [1.807, 2.05) is 12.1 Å². The van der Waals surface area contributed by atoms with Gasteiger partial charge in [-0.15, -0.1) is 0 Å². The molecule has 4 bridgehead atoms. The van der Waals surface area contributed by atoms with E-state index in [-0.39, 0.29) is 70.1 Å². The number of piperidine rings is 2. The summed E-state index contributed by atoms with van der Waals surface area (Å²) in [6, 6.07) is 11.4. The number of carbonyl (C=O) groups excluding carboxylic acids is 3. The molecule has 7 aliphatic carbocycles. The summed E-state index contributed by atoms with van der Waals surface area (Å²) < 4.78 is 30.6. The lowest BCUT2D eigenvalue weighted by atomic mass is 9.49. The highest BCUT2D eigenvalue weighted by Gasteiger charge is 2.75. The van der Waals surface area contributed by atoms with Gasteiger partial charge in [0, 0.05) is 60.7 Å². The van der Waals surface area contributed by atoms with Gasteiger partial charge in [-0.25, -0.2) is 4.79 Å². The summed E-state index contributed by atoms with van der Waals surface area (Å²) in [5, 5.41) is 68.3. The summed E-state index contributed by atoms with van der Waals surface area (Å²) in [6.07, 6.45) is 3.70. The molecule has 73 heavy (non-hydrogen) atoms. The molecule has 4 heterocycles. The molecule has 2 unspecified atom stereocenters. The summed E-state index contributed by atoms with van der Waals surface area (Å²) >= 11 is 6.39. The number of rotatable bonds is 12. The first kappa shape index (κ1) is 45.9. The molecule has 10 atom stereocenters. The summed E-state index contributed by atoms with van der Waals surface area (Å²) in [5.74, 6) is -0.149. The van der Waals surface area contributed by atoms with Crippen LogP contribution in [0.4, 0.5) is 5.69 Å². The van der Waals surface area contributed by atoms with Gasteiger partial charge in [-0.05, 0) is 125 Å². The Balaban J connectivity index is 0.755. The predicted octanol–water partition coefficient (Wildman–Crippen LogP) is 4.93. The minimum absolute atomic E-state index is 0.0142. The van der Waals surface area contributed by atoms with Gasteiger partial charge in [0.05, 0.1) is 52.4 Å². The lowest BCUT2D eigenvalue weighted by molar-refractivity contribution is -0.173. The first-order valence-electron chi connectivity index (χ1n) is 25.9. The largest absolute Gasteiger partial charge is 0.508 e. The van der Waals surface area contributed by atoms with Crippen LogP contribution in [0.15, 0.2) is 65.1 Å². The number of benzene rings is 3. The molecule has 2 saturated heterocycles. The molecule has 11 aliphatic rings. The molecule has 0 aromatic heterocycles. The maximum Gasteiger partial charge on any atom is 0.331 e. The first-order valence-corrected chi connectivity index (χ1v) is 26.3. The van der Waals surface area contributed by atoms with Crippen molar-refractivity contribution in [3.05, 3.63) is 92.4 Å². The van der Waals surface area contributed by atoms with Crippen molar-refractivity contribution >= 4 is 35.1 Å². The normalized spacial score (nSPS) is 35.4. The van der Waals surface area contributed by atoms with Gasteiger partial charge in [-0.1, -0.05) is 23.7 Å². The summed E-state index contributed by atoms with van der Waals surface area (Å²) in [5.41, 5.74) is -2.62. The van der Waals surface area contributed by atoms with E-state index in [1.165, 1.54) is 14.2 Å². The van der Waals surface area contributed by atoms with Gasteiger partial charge in [0.2, 0.25) is 0 Å². The average Bonchev–Trinajstić information content (AvgIpc) is 4.25. The number of nitrogens with zero attached hydrogens (tertiary/aromatic N) is 2. The third-order valence-corrected chi connectivity index (χ3v) is 19.8. The minimum Gasteiger partial charge on any atom is -0.508 e. The smallest absolute Gasteiger partial charge is 0.331 e. The lowest BCUT2D eigenvalue weighted by Gasteiger charge is -2.62. The van der Waals surface area contributed by atoms with Crippen molar-refractivity contribution in [2.24, 2.45) is 11.8 Å². The van der Waals surface area contributed by atoms with Gasteiger partial charge in [0.1, 0.15) is 28.9 Å². The maximum absolute atomic E-state index is 14.3. The number of phenolic OH excluding ortho intramolecular Hbond substituents is 1. The van der Waals surface area contributed by atoms with Crippen LogP contribution in [0, 0.1) is 11.8 Å². The molecule has 7 N–H and O–H groups in total. The number of carbonyl (C=O) groups is 3. The molecule has 3 saturated carbocycles. The molecule has 17 nitrogen and oxygen atoms in total. The quantitative estimate of drug-likeness (QED) is 0.119. The predicted molar refractivity (Wildman–Crippen MR) is 261 cm³/mol. The second kappa shape index (κ2) is 15.4. The summed E-state index contributed by atoms with van der Waals surface area (Å²) in [4.78, 5) is 46.1. The fraction of sp³-hybridized carbons (Fsp3) is 0.545. The van der Waals surface area contributed by atoms with Crippen LogP contribution in [0.1, 0.15) is 86.5 Å². The molecule has 3 aromatic carbocycles. The third-order valence-electron chi connectivity index (χ3n) is 19.5. The fourth-order valence-electron chi connectivity index (χ4n) is 15.6. The zero-order chi connectivity index (χ0) is 50.3. The number of anilines is 1. The van der Waals surface area contributed by atoms with Crippen LogP contribution in [0.5, 0.6) is 28.7 Å². The third kappa shape index (κ3) is 6.02. The number of hydrogen-bond donors (Lipinski definition) is 7. The second-order valence-electron chi connectivity index (χ2n) is 23.0. The van der Waals surface area contributed by atoms with Crippen molar-refractivity contribution in [2.75, 3.05) is 45.7 Å². The van der Waals surface area contributed by atoms with E-state index in [2.05, 4.69) is 26.5 Å². The van der Waals surface area contributed by atoms with E-state index < -0.39 is 63.6 Å². The van der Waals surface area contributed by atoms with E-state index in [1.54, 1.807) is 24.3 Å². The number of hydrogen-bond acceptors (Lipinski definition) is 15. The van der Waals surface area contributed by atoms with Crippen molar-refractivity contribution in [3.63, 3.8) is 0 Å². The standard InChI is InChI=1S/C55H59ClN4O13/c1-69-35-11-8-30(21-33(35)56)57-48(64)31-22-54(67)39-19-27-6-9-34(61)44-40(27)52(54,46(72-44)42(31)62)15-17-60(39)25-29-18-37(29)71-36-10-7-28-20-38-55(68)23-32(49(65)58-51(12-3-13-51)50(66)70-2)43(63)47-53(55,41(28)45(36)73-47)14-16-59(38)24-26-4-5-26/h6-11,21,26,29,37-39,46-47,61-63,67-68H,3-5,12-20,22-25H2,1-2H3,(H,57,64)(H,58,65)/t29?,37?,38-,39-,46+,47+,52+,53+,54-,55-/m1/s1. The van der Waals surface area contributed by atoms with Crippen molar-refractivity contribution in [1.29, 1.82) is 0 Å². The van der Waals surface area contributed by atoms with Crippen molar-refractivity contribution in [3.8, 4) is 28.7 Å². The molecule has 3 aromatic rings. The Kier molecular flexibility index (Phi) is 9.70. The van der Waals surface area contributed by atoms with Gasteiger partial charge in [0.15, 0.2) is 35.2 Å². The molecule has 384 valence electrons. The van der Waals surface area contributed by atoms with E-state index in [0.29, 0.717) is 99.0 Å². The van der Waals surface area contributed by atoms with E-state index in [9.17, 15) is 39.9 Å². The van der Waals surface area contributed by atoms with Crippen LogP contribution in [-0.2, 0) is 42.8 Å². The number of halogens is 1. The molecule has 2 spiro atoms. The lowest BCUT2D eigenvalue weighted by Crippen LogP contribution is -2.76. The van der Waals surface area contributed by atoms with Gasteiger partial charge in [0.25, 0.3) is 11.8 Å². The first-order chi connectivity index (χ1) is 35.1. The highest BCUT2D eigenvalue weighted by molar-refractivity contribution is 6.32. The Bertz CT molecular complexity index is 3040. The van der Waals surface area contributed by atoms with Crippen LogP contribution in [0.2, 0.25) is 5.02 Å². The number of esters is 1. The van der Waals surface area contributed by atoms with Gasteiger partial charge < -0.3 is 59.9 Å². The highest BCUT2D eigenvalue weighted by atomic mass is 35.5.